The summed E-state index contributed by atoms with van der Waals surface area (Å²) < 4.78 is 2.26. The average molecular weight is 276 g/mol. The van der Waals surface area contributed by atoms with Crippen LogP contribution in [0.4, 0.5) is 5.82 Å². The number of thiazole rings is 1. The Labute approximate surface area is 117 Å². The van der Waals surface area contributed by atoms with Crippen molar-refractivity contribution in [3.8, 4) is 0 Å². The topological polar surface area (TPSA) is 32.6 Å². The molecule has 0 radical (unpaired) electrons. The molecule has 2 fully saturated rings. The van der Waals surface area contributed by atoms with E-state index in [1.165, 1.54) is 30.8 Å². The highest BCUT2D eigenvalue weighted by Gasteiger charge is 2.26. The molecule has 19 heavy (non-hydrogen) atoms. The third-order valence-corrected chi connectivity index (χ3v) is 4.96. The van der Waals surface area contributed by atoms with E-state index in [2.05, 4.69) is 33.1 Å². The van der Waals surface area contributed by atoms with Crippen molar-refractivity contribution in [2.45, 2.75) is 38.8 Å². The molecule has 1 atom stereocenters. The maximum absolute atomic E-state index is 4.85. The van der Waals surface area contributed by atoms with Gasteiger partial charge in [0.1, 0.15) is 0 Å². The summed E-state index contributed by atoms with van der Waals surface area (Å²) in [5.74, 6) is 2.01. The Balaban J connectivity index is 1.66. The summed E-state index contributed by atoms with van der Waals surface area (Å²) >= 11 is 1.73. The van der Waals surface area contributed by atoms with Gasteiger partial charge in [-0.05, 0) is 25.2 Å². The molecule has 1 aliphatic carbocycles. The van der Waals surface area contributed by atoms with E-state index >= 15 is 0 Å². The van der Waals surface area contributed by atoms with Crippen LogP contribution in [0.1, 0.15) is 31.9 Å². The van der Waals surface area contributed by atoms with E-state index in [1.54, 1.807) is 11.3 Å². The normalized spacial score (nSPS) is 23.6. The van der Waals surface area contributed by atoms with Crippen LogP contribution in [-0.4, -0.2) is 28.5 Å². The molecule has 0 amide bonds. The van der Waals surface area contributed by atoms with E-state index in [0.29, 0.717) is 0 Å². The Morgan fingerprint density at radius 3 is 3.05 bits per heavy atom. The van der Waals surface area contributed by atoms with E-state index in [1.807, 2.05) is 0 Å². The van der Waals surface area contributed by atoms with Crippen molar-refractivity contribution in [1.82, 2.24) is 14.7 Å². The molecule has 1 saturated heterocycles. The predicted molar refractivity (Wildman–Crippen MR) is 78.9 cm³/mol. The highest BCUT2D eigenvalue weighted by molar-refractivity contribution is 7.15. The number of fused-ring (bicyclic) bond motifs is 1. The molecule has 102 valence electrons. The standard InChI is InChI=1S/C14H20N4S/c1-10-4-5-17(9-10)13-12(8-15-11-2-3-11)18-6-7-19-14(18)16-13/h6-7,10-11,15H,2-5,8-9H2,1H3. The van der Waals surface area contributed by atoms with Gasteiger partial charge in [-0.3, -0.25) is 4.40 Å². The maximum Gasteiger partial charge on any atom is 0.195 e. The fourth-order valence-electron chi connectivity index (χ4n) is 2.89. The van der Waals surface area contributed by atoms with Crippen molar-refractivity contribution in [2.75, 3.05) is 18.0 Å². The minimum atomic E-state index is 0.745. The summed E-state index contributed by atoms with van der Waals surface area (Å²) in [6.07, 6.45) is 6.11. The van der Waals surface area contributed by atoms with Crippen molar-refractivity contribution >= 4 is 22.1 Å². The molecule has 1 saturated carbocycles. The van der Waals surface area contributed by atoms with Gasteiger partial charge in [-0.2, -0.15) is 0 Å². The zero-order chi connectivity index (χ0) is 12.8. The molecule has 3 heterocycles. The van der Waals surface area contributed by atoms with Gasteiger partial charge in [-0.25, -0.2) is 4.98 Å². The molecular formula is C14H20N4S. The van der Waals surface area contributed by atoms with Crippen LogP contribution in [0.2, 0.25) is 0 Å². The number of rotatable bonds is 4. The Morgan fingerprint density at radius 1 is 1.42 bits per heavy atom. The third-order valence-electron chi connectivity index (χ3n) is 4.20. The van der Waals surface area contributed by atoms with Crippen LogP contribution in [0, 0.1) is 5.92 Å². The molecule has 2 aromatic rings. The molecule has 4 rings (SSSR count). The van der Waals surface area contributed by atoms with Crippen LogP contribution in [-0.2, 0) is 6.54 Å². The molecule has 1 N–H and O–H groups in total. The molecule has 2 aliphatic rings. The van der Waals surface area contributed by atoms with Gasteiger partial charge in [0.25, 0.3) is 0 Å². The Hall–Kier alpha value is -1.07. The van der Waals surface area contributed by atoms with Crippen LogP contribution in [0.15, 0.2) is 11.6 Å². The van der Waals surface area contributed by atoms with E-state index in [9.17, 15) is 0 Å². The number of anilines is 1. The first-order chi connectivity index (χ1) is 9.31. The summed E-state index contributed by atoms with van der Waals surface area (Å²) in [5, 5.41) is 5.76. The van der Waals surface area contributed by atoms with E-state index in [-0.39, 0.29) is 0 Å². The predicted octanol–water partition coefficient (Wildman–Crippen LogP) is 2.49. The largest absolute Gasteiger partial charge is 0.355 e. The minimum absolute atomic E-state index is 0.745. The van der Waals surface area contributed by atoms with Gasteiger partial charge in [0, 0.05) is 37.3 Å². The molecule has 5 heteroatoms. The highest BCUT2D eigenvalue weighted by Crippen LogP contribution is 2.30. The lowest BCUT2D eigenvalue weighted by Crippen LogP contribution is -2.24. The molecule has 1 unspecified atom stereocenters. The summed E-state index contributed by atoms with van der Waals surface area (Å²) in [6, 6.07) is 0.745. The van der Waals surface area contributed by atoms with E-state index in [0.717, 1.165) is 36.6 Å². The molecular weight excluding hydrogens is 256 g/mol. The Kier molecular flexibility index (Phi) is 2.77. The summed E-state index contributed by atoms with van der Waals surface area (Å²) in [4.78, 5) is 8.45. The molecule has 0 aromatic carbocycles. The second kappa shape index (κ2) is 4.49. The minimum Gasteiger partial charge on any atom is -0.355 e. The lowest BCUT2D eigenvalue weighted by Gasteiger charge is -2.17. The number of nitrogens with zero attached hydrogens (tertiary/aromatic N) is 3. The second-order valence-electron chi connectivity index (χ2n) is 5.93. The van der Waals surface area contributed by atoms with Crippen LogP contribution in [0.25, 0.3) is 4.96 Å². The van der Waals surface area contributed by atoms with Crippen LogP contribution in [0.3, 0.4) is 0 Å². The first-order valence-electron chi connectivity index (χ1n) is 7.24. The van der Waals surface area contributed by atoms with Gasteiger partial charge < -0.3 is 10.2 Å². The summed E-state index contributed by atoms with van der Waals surface area (Å²) in [5.41, 5.74) is 1.34. The number of aromatic nitrogens is 2. The zero-order valence-corrected chi connectivity index (χ0v) is 12.1. The van der Waals surface area contributed by atoms with Crippen molar-refractivity contribution in [3.63, 3.8) is 0 Å². The van der Waals surface area contributed by atoms with Gasteiger partial charge in [0.2, 0.25) is 0 Å². The van der Waals surface area contributed by atoms with Gasteiger partial charge in [0.05, 0.1) is 5.69 Å². The fourth-order valence-corrected chi connectivity index (χ4v) is 3.62. The number of nitrogens with one attached hydrogen (secondary N) is 1. The molecule has 0 spiro atoms. The summed E-state index contributed by atoms with van der Waals surface area (Å²) in [7, 11) is 0. The highest BCUT2D eigenvalue weighted by atomic mass is 32.1. The van der Waals surface area contributed by atoms with Gasteiger partial charge in [-0.1, -0.05) is 6.92 Å². The Bertz CT molecular complexity index is 583. The first-order valence-corrected chi connectivity index (χ1v) is 8.12. The Morgan fingerprint density at radius 2 is 2.32 bits per heavy atom. The molecule has 4 nitrogen and oxygen atoms in total. The number of hydrogen-bond donors (Lipinski definition) is 1. The number of hydrogen-bond acceptors (Lipinski definition) is 4. The smallest absolute Gasteiger partial charge is 0.195 e. The van der Waals surface area contributed by atoms with Gasteiger partial charge in [0.15, 0.2) is 10.8 Å². The molecule has 1 aliphatic heterocycles. The number of imidazole rings is 1. The lowest BCUT2D eigenvalue weighted by molar-refractivity contribution is 0.655. The van der Waals surface area contributed by atoms with Crippen molar-refractivity contribution in [1.29, 1.82) is 0 Å². The average Bonchev–Trinajstić information content (AvgIpc) is 2.81. The zero-order valence-electron chi connectivity index (χ0n) is 11.3. The molecule has 0 bridgehead atoms. The first kappa shape index (κ1) is 11.7. The third kappa shape index (κ3) is 2.15. The van der Waals surface area contributed by atoms with Gasteiger partial charge >= 0.3 is 0 Å². The van der Waals surface area contributed by atoms with Gasteiger partial charge in [-0.15, -0.1) is 11.3 Å². The van der Waals surface area contributed by atoms with Crippen LogP contribution >= 0.6 is 11.3 Å². The van der Waals surface area contributed by atoms with Crippen molar-refractivity contribution in [2.24, 2.45) is 5.92 Å². The second-order valence-corrected chi connectivity index (χ2v) is 6.81. The van der Waals surface area contributed by atoms with E-state index < -0.39 is 0 Å². The molecule has 2 aromatic heterocycles. The quantitative estimate of drug-likeness (QED) is 0.931. The monoisotopic (exact) mass is 276 g/mol. The van der Waals surface area contributed by atoms with Crippen LogP contribution in [0.5, 0.6) is 0 Å². The SMILES string of the molecule is CC1CCN(c2nc3sccn3c2CNC2CC2)C1. The van der Waals surface area contributed by atoms with E-state index in [4.69, 9.17) is 4.98 Å². The van der Waals surface area contributed by atoms with Crippen LogP contribution < -0.4 is 10.2 Å². The maximum atomic E-state index is 4.85. The van der Waals surface area contributed by atoms with Crippen molar-refractivity contribution < 1.29 is 0 Å². The fraction of sp³-hybridized carbons (Fsp3) is 0.643. The van der Waals surface area contributed by atoms with Crippen molar-refractivity contribution in [3.05, 3.63) is 17.3 Å². The summed E-state index contributed by atoms with van der Waals surface area (Å²) in [6.45, 7) is 5.59. The lowest BCUT2D eigenvalue weighted by atomic mass is 10.2.